The van der Waals surface area contributed by atoms with Gasteiger partial charge in [-0.1, -0.05) is 25.7 Å². The van der Waals surface area contributed by atoms with E-state index in [0.717, 1.165) is 33.4 Å². The Kier molecular flexibility index (Phi) is 4.21. The van der Waals surface area contributed by atoms with Crippen LogP contribution in [0.25, 0.3) is 21.9 Å². The molecule has 134 valence electrons. The first-order chi connectivity index (χ1) is 13.0. The summed E-state index contributed by atoms with van der Waals surface area (Å²) < 4.78 is 16.5. The molecule has 4 nitrogen and oxygen atoms in total. The fraction of sp³-hybridized carbons (Fsp3) is 0.174. The highest BCUT2D eigenvalue weighted by molar-refractivity contribution is 5.96. The van der Waals surface area contributed by atoms with Gasteiger partial charge >= 0.3 is 5.63 Å². The van der Waals surface area contributed by atoms with Crippen LogP contribution in [0.3, 0.4) is 0 Å². The van der Waals surface area contributed by atoms with Crippen molar-refractivity contribution >= 4 is 21.9 Å². The van der Waals surface area contributed by atoms with Crippen LogP contribution >= 0.6 is 0 Å². The molecular formula is C23H18O4. The van der Waals surface area contributed by atoms with Crippen molar-refractivity contribution in [3.63, 3.8) is 0 Å². The molecule has 27 heavy (non-hydrogen) atoms. The molecule has 0 saturated heterocycles. The Morgan fingerprint density at radius 1 is 0.926 bits per heavy atom. The largest absolute Gasteiger partial charge is 0.497 e. The number of furan rings is 1. The Morgan fingerprint density at radius 3 is 2.41 bits per heavy atom. The Bertz CT molecular complexity index is 1250. The second-order valence-corrected chi connectivity index (χ2v) is 6.62. The van der Waals surface area contributed by atoms with Crippen LogP contribution in [0.5, 0.6) is 5.75 Å². The lowest BCUT2D eigenvalue weighted by atomic mass is 10.0. The van der Waals surface area contributed by atoms with Crippen LogP contribution in [0.4, 0.5) is 0 Å². The van der Waals surface area contributed by atoms with E-state index >= 15 is 0 Å². The zero-order valence-corrected chi connectivity index (χ0v) is 15.3. The van der Waals surface area contributed by atoms with Crippen molar-refractivity contribution < 1.29 is 13.6 Å². The van der Waals surface area contributed by atoms with Crippen LogP contribution in [-0.2, 0) is 0 Å². The van der Waals surface area contributed by atoms with Gasteiger partial charge < -0.3 is 13.6 Å². The van der Waals surface area contributed by atoms with E-state index in [0.29, 0.717) is 11.2 Å². The summed E-state index contributed by atoms with van der Waals surface area (Å²) in [4.78, 5) is 11.5. The second-order valence-electron chi connectivity index (χ2n) is 6.62. The zero-order chi connectivity index (χ0) is 19.0. The Labute approximate surface area is 156 Å². The van der Waals surface area contributed by atoms with Gasteiger partial charge in [-0.3, -0.25) is 0 Å². The number of hydrogen-bond acceptors (Lipinski definition) is 4. The molecule has 4 heteroatoms. The molecule has 0 spiro atoms. The predicted molar refractivity (Wildman–Crippen MR) is 105 cm³/mol. The van der Waals surface area contributed by atoms with Crippen LogP contribution < -0.4 is 10.4 Å². The summed E-state index contributed by atoms with van der Waals surface area (Å²) in [5.41, 5.74) is 2.56. The van der Waals surface area contributed by atoms with E-state index in [4.69, 9.17) is 13.6 Å². The number of methoxy groups -OCH3 is 1. The SMILES string of the molecule is COc1ccc(C#Cc2c(C(C)C)oc3cc4oc(=O)ccc4cc23)cc1. The summed E-state index contributed by atoms with van der Waals surface area (Å²) in [6, 6.07) is 14.5. The number of hydrogen-bond donors (Lipinski definition) is 0. The van der Waals surface area contributed by atoms with E-state index in [2.05, 4.69) is 25.7 Å². The van der Waals surface area contributed by atoms with Gasteiger partial charge in [0.15, 0.2) is 0 Å². The number of fused-ring (bicyclic) bond motifs is 2. The molecule has 0 fully saturated rings. The summed E-state index contributed by atoms with van der Waals surface area (Å²) in [5.74, 6) is 8.27. The predicted octanol–water partition coefficient (Wildman–Crippen LogP) is 5.07. The van der Waals surface area contributed by atoms with Gasteiger partial charge in [0.25, 0.3) is 0 Å². The highest BCUT2D eigenvalue weighted by Gasteiger charge is 2.17. The van der Waals surface area contributed by atoms with Gasteiger partial charge in [-0.05, 0) is 36.4 Å². The Morgan fingerprint density at radius 2 is 1.70 bits per heavy atom. The standard InChI is InChI=1S/C23H18O4/c1-14(2)23-18(10-6-15-4-8-17(25-3)9-5-15)19-12-16-7-11-22(24)26-20(16)13-21(19)27-23/h4-5,7-9,11-14H,1-3H3. The monoisotopic (exact) mass is 358 g/mol. The third-order valence-electron chi connectivity index (χ3n) is 4.40. The fourth-order valence-electron chi connectivity index (χ4n) is 3.02. The first-order valence-corrected chi connectivity index (χ1v) is 8.71. The van der Waals surface area contributed by atoms with Crippen LogP contribution in [0, 0.1) is 11.8 Å². The molecule has 0 bridgehead atoms. The van der Waals surface area contributed by atoms with Gasteiger partial charge in [0.05, 0.1) is 12.7 Å². The third kappa shape index (κ3) is 3.20. The van der Waals surface area contributed by atoms with Crippen LogP contribution in [0.1, 0.15) is 36.7 Å². The average molecular weight is 358 g/mol. The van der Waals surface area contributed by atoms with E-state index in [1.165, 1.54) is 6.07 Å². The first kappa shape index (κ1) is 17.0. The first-order valence-electron chi connectivity index (χ1n) is 8.71. The third-order valence-corrected chi connectivity index (χ3v) is 4.40. The molecule has 0 aliphatic rings. The van der Waals surface area contributed by atoms with E-state index in [1.807, 2.05) is 30.3 Å². The lowest BCUT2D eigenvalue weighted by molar-refractivity contribution is 0.415. The van der Waals surface area contributed by atoms with Crippen molar-refractivity contribution in [2.24, 2.45) is 0 Å². The van der Waals surface area contributed by atoms with Crippen molar-refractivity contribution in [1.29, 1.82) is 0 Å². The molecule has 2 heterocycles. The molecule has 4 aromatic rings. The zero-order valence-electron chi connectivity index (χ0n) is 15.3. The molecule has 2 aromatic carbocycles. The van der Waals surface area contributed by atoms with Crippen LogP contribution in [-0.4, -0.2) is 7.11 Å². The van der Waals surface area contributed by atoms with Crippen LogP contribution in [0.15, 0.2) is 62.2 Å². The highest BCUT2D eigenvalue weighted by atomic mass is 16.5. The molecule has 0 aliphatic heterocycles. The van der Waals surface area contributed by atoms with E-state index in [1.54, 1.807) is 19.2 Å². The maximum atomic E-state index is 11.5. The van der Waals surface area contributed by atoms with E-state index in [9.17, 15) is 4.79 Å². The molecule has 0 N–H and O–H groups in total. The Hall–Kier alpha value is -3.45. The summed E-state index contributed by atoms with van der Waals surface area (Å²) >= 11 is 0. The van der Waals surface area contributed by atoms with Gasteiger partial charge in [-0.15, -0.1) is 0 Å². The van der Waals surface area contributed by atoms with E-state index in [-0.39, 0.29) is 11.5 Å². The average Bonchev–Trinajstić information content (AvgIpc) is 3.02. The van der Waals surface area contributed by atoms with Crippen molar-refractivity contribution in [3.8, 4) is 17.6 Å². The van der Waals surface area contributed by atoms with Crippen molar-refractivity contribution in [1.82, 2.24) is 0 Å². The summed E-state index contributed by atoms with van der Waals surface area (Å²) in [7, 11) is 1.64. The molecular weight excluding hydrogens is 340 g/mol. The smallest absolute Gasteiger partial charge is 0.336 e. The van der Waals surface area contributed by atoms with Crippen molar-refractivity contribution in [2.45, 2.75) is 19.8 Å². The maximum absolute atomic E-state index is 11.5. The lowest BCUT2D eigenvalue weighted by Crippen LogP contribution is -1.93. The topological polar surface area (TPSA) is 52.6 Å². The maximum Gasteiger partial charge on any atom is 0.336 e. The van der Waals surface area contributed by atoms with Crippen LogP contribution in [0.2, 0.25) is 0 Å². The molecule has 0 aliphatic carbocycles. The molecule has 0 amide bonds. The van der Waals surface area contributed by atoms with Gasteiger partial charge in [-0.2, -0.15) is 0 Å². The summed E-state index contributed by atoms with van der Waals surface area (Å²) in [5, 5.41) is 1.76. The number of benzene rings is 2. The molecule has 2 aromatic heterocycles. The minimum absolute atomic E-state index is 0.174. The van der Waals surface area contributed by atoms with Gasteiger partial charge in [0, 0.05) is 34.4 Å². The summed E-state index contributed by atoms with van der Waals surface area (Å²) in [6.07, 6.45) is 0. The second kappa shape index (κ2) is 6.69. The van der Waals surface area contributed by atoms with Gasteiger partial charge in [-0.25, -0.2) is 4.79 Å². The van der Waals surface area contributed by atoms with Gasteiger partial charge in [0.2, 0.25) is 0 Å². The van der Waals surface area contributed by atoms with Gasteiger partial charge in [0.1, 0.15) is 22.7 Å². The fourth-order valence-corrected chi connectivity index (χ4v) is 3.02. The molecule has 0 saturated carbocycles. The Balaban J connectivity index is 1.89. The highest BCUT2D eigenvalue weighted by Crippen LogP contribution is 2.33. The molecule has 0 atom stereocenters. The van der Waals surface area contributed by atoms with Crippen molar-refractivity contribution in [3.05, 3.63) is 75.8 Å². The minimum atomic E-state index is -0.378. The molecule has 4 rings (SSSR count). The normalized spacial score (nSPS) is 11.0. The lowest BCUT2D eigenvalue weighted by Gasteiger charge is -2.00. The van der Waals surface area contributed by atoms with E-state index < -0.39 is 0 Å². The van der Waals surface area contributed by atoms with Crippen molar-refractivity contribution in [2.75, 3.05) is 7.11 Å². The summed E-state index contributed by atoms with van der Waals surface area (Å²) in [6.45, 7) is 4.13. The minimum Gasteiger partial charge on any atom is -0.497 e. The number of ether oxygens (including phenoxy) is 1. The quantitative estimate of drug-likeness (QED) is 0.371. The molecule has 0 unspecified atom stereocenters. The number of rotatable bonds is 2. The molecule has 0 radical (unpaired) electrons.